The van der Waals surface area contributed by atoms with Crippen LogP contribution in [-0.4, -0.2) is 12.6 Å². The number of rotatable bonds is 11. The molecule has 0 atom stereocenters. The van der Waals surface area contributed by atoms with Crippen LogP contribution in [-0.2, 0) is 6.42 Å². The molecule has 0 aliphatic rings. The van der Waals surface area contributed by atoms with E-state index in [0.717, 1.165) is 37.7 Å². The first kappa shape index (κ1) is 20.0. The first-order valence-electron chi connectivity index (χ1n) is 9.78. The van der Waals surface area contributed by atoms with Crippen LogP contribution in [0.1, 0.15) is 68.3 Å². The van der Waals surface area contributed by atoms with Crippen molar-refractivity contribution in [2.24, 2.45) is 0 Å². The number of esters is 1. The minimum Gasteiger partial charge on any atom is -0.493 e. The second-order valence-electron chi connectivity index (χ2n) is 6.51. The highest BCUT2D eigenvalue weighted by molar-refractivity contribution is 5.94. The average Bonchev–Trinajstić information content (AvgIpc) is 2.67. The standard InChI is InChI=1S/C23H30O3/c1-3-5-7-12-18-25-22-17-11-9-15-20(22)23(24)26-21-16-10-8-14-19(21)13-6-4-2/h8-11,14-17H,3-7,12-13,18H2,1-2H3. The summed E-state index contributed by atoms with van der Waals surface area (Å²) in [7, 11) is 0. The van der Waals surface area contributed by atoms with Crippen molar-refractivity contribution in [2.75, 3.05) is 6.61 Å². The fraction of sp³-hybridized carbons (Fsp3) is 0.435. The second kappa shape index (κ2) is 11.3. The summed E-state index contributed by atoms with van der Waals surface area (Å²) in [5.41, 5.74) is 1.55. The minimum absolute atomic E-state index is 0.363. The van der Waals surface area contributed by atoms with Crippen molar-refractivity contribution >= 4 is 5.97 Å². The van der Waals surface area contributed by atoms with Crippen molar-refractivity contribution in [3.05, 3.63) is 59.7 Å². The molecule has 0 heterocycles. The highest BCUT2D eigenvalue weighted by Gasteiger charge is 2.16. The lowest BCUT2D eigenvalue weighted by Crippen LogP contribution is -2.12. The van der Waals surface area contributed by atoms with E-state index in [-0.39, 0.29) is 5.97 Å². The van der Waals surface area contributed by atoms with Crippen LogP contribution in [0.5, 0.6) is 11.5 Å². The van der Waals surface area contributed by atoms with Crippen LogP contribution in [0.3, 0.4) is 0 Å². The van der Waals surface area contributed by atoms with Crippen molar-refractivity contribution in [3.63, 3.8) is 0 Å². The second-order valence-corrected chi connectivity index (χ2v) is 6.51. The number of para-hydroxylation sites is 2. The van der Waals surface area contributed by atoms with Gasteiger partial charge in [0.25, 0.3) is 0 Å². The van der Waals surface area contributed by atoms with Gasteiger partial charge in [0, 0.05) is 0 Å². The SMILES string of the molecule is CCCCCCOc1ccccc1C(=O)Oc1ccccc1CCCC. The van der Waals surface area contributed by atoms with Gasteiger partial charge in [-0.05, 0) is 43.0 Å². The molecule has 0 unspecified atom stereocenters. The predicted molar refractivity (Wildman–Crippen MR) is 106 cm³/mol. The molecule has 3 heteroatoms. The van der Waals surface area contributed by atoms with E-state index in [4.69, 9.17) is 9.47 Å². The smallest absolute Gasteiger partial charge is 0.347 e. The monoisotopic (exact) mass is 354 g/mol. The molecule has 0 bridgehead atoms. The Hall–Kier alpha value is -2.29. The van der Waals surface area contributed by atoms with Gasteiger partial charge in [-0.1, -0.05) is 69.9 Å². The molecule has 140 valence electrons. The van der Waals surface area contributed by atoms with Crippen LogP contribution in [0.25, 0.3) is 0 Å². The fourth-order valence-electron chi connectivity index (χ4n) is 2.80. The van der Waals surface area contributed by atoms with Gasteiger partial charge < -0.3 is 9.47 Å². The topological polar surface area (TPSA) is 35.5 Å². The summed E-state index contributed by atoms with van der Waals surface area (Å²) in [6.45, 7) is 4.96. The van der Waals surface area contributed by atoms with E-state index in [1.165, 1.54) is 12.8 Å². The van der Waals surface area contributed by atoms with Gasteiger partial charge in [0.05, 0.1) is 6.61 Å². The number of ether oxygens (including phenoxy) is 2. The average molecular weight is 354 g/mol. The molecule has 0 N–H and O–H groups in total. The van der Waals surface area contributed by atoms with E-state index >= 15 is 0 Å². The van der Waals surface area contributed by atoms with E-state index < -0.39 is 0 Å². The molecule has 0 aromatic heterocycles. The zero-order valence-electron chi connectivity index (χ0n) is 16.0. The van der Waals surface area contributed by atoms with Gasteiger partial charge in [0.15, 0.2) is 0 Å². The van der Waals surface area contributed by atoms with Crippen molar-refractivity contribution in [3.8, 4) is 11.5 Å². The Kier molecular flexibility index (Phi) is 8.74. The molecule has 3 nitrogen and oxygen atoms in total. The number of aryl methyl sites for hydroxylation is 1. The number of hydrogen-bond donors (Lipinski definition) is 0. The molecule has 0 saturated carbocycles. The van der Waals surface area contributed by atoms with E-state index in [1.807, 2.05) is 42.5 Å². The highest BCUT2D eigenvalue weighted by Crippen LogP contribution is 2.24. The quantitative estimate of drug-likeness (QED) is 0.273. The largest absolute Gasteiger partial charge is 0.493 e. The molecule has 0 saturated heterocycles. The minimum atomic E-state index is -0.363. The Morgan fingerprint density at radius 3 is 2.27 bits per heavy atom. The predicted octanol–water partition coefficient (Wildman–Crippen LogP) is 6.21. The first-order valence-corrected chi connectivity index (χ1v) is 9.78. The summed E-state index contributed by atoms with van der Waals surface area (Å²) < 4.78 is 11.5. The molecule has 0 aliphatic heterocycles. The van der Waals surface area contributed by atoms with E-state index in [9.17, 15) is 4.79 Å². The highest BCUT2D eigenvalue weighted by atomic mass is 16.5. The number of unbranched alkanes of at least 4 members (excludes halogenated alkanes) is 4. The Bertz CT molecular complexity index is 679. The zero-order valence-corrected chi connectivity index (χ0v) is 16.0. The summed E-state index contributed by atoms with van der Waals surface area (Å²) in [6.07, 6.45) is 7.64. The summed E-state index contributed by atoms with van der Waals surface area (Å²) in [6, 6.07) is 15.1. The Balaban J connectivity index is 2.03. The maximum atomic E-state index is 12.7. The number of hydrogen-bond acceptors (Lipinski definition) is 3. The lowest BCUT2D eigenvalue weighted by atomic mass is 10.1. The van der Waals surface area contributed by atoms with Crippen LogP contribution in [0.2, 0.25) is 0 Å². The molecule has 2 rings (SSSR count). The van der Waals surface area contributed by atoms with Gasteiger partial charge in [0.2, 0.25) is 0 Å². The Morgan fingerprint density at radius 2 is 1.50 bits per heavy atom. The fourth-order valence-corrected chi connectivity index (χ4v) is 2.80. The van der Waals surface area contributed by atoms with Gasteiger partial charge in [-0.3, -0.25) is 0 Å². The maximum Gasteiger partial charge on any atom is 0.347 e. The van der Waals surface area contributed by atoms with E-state index in [1.54, 1.807) is 6.07 Å². The molecular weight excluding hydrogens is 324 g/mol. The molecule has 2 aromatic rings. The van der Waals surface area contributed by atoms with Gasteiger partial charge in [-0.15, -0.1) is 0 Å². The third kappa shape index (κ3) is 6.21. The molecule has 0 radical (unpaired) electrons. The van der Waals surface area contributed by atoms with E-state index in [2.05, 4.69) is 13.8 Å². The number of carbonyl (C=O) groups excluding carboxylic acids is 1. The van der Waals surface area contributed by atoms with Crippen LogP contribution < -0.4 is 9.47 Å². The van der Waals surface area contributed by atoms with Crippen LogP contribution in [0, 0.1) is 0 Å². The van der Waals surface area contributed by atoms with Gasteiger partial charge in [0.1, 0.15) is 17.1 Å². The van der Waals surface area contributed by atoms with Crippen molar-refractivity contribution in [2.45, 2.75) is 58.8 Å². The van der Waals surface area contributed by atoms with Crippen molar-refractivity contribution in [1.82, 2.24) is 0 Å². The third-order valence-electron chi connectivity index (χ3n) is 4.34. The molecule has 2 aromatic carbocycles. The molecule has 0 spiro atoms. The van der Waals surface area contributed by atoms with Gasteiger partial charge in [-0.2, -0.15) is 0 Å². The number of benzene rings is 2. The number of carbonyl (C=O) groups is 1. The van der Waals surface area contributed by atoms with Crippen LogP contribution in [0.4, 0.5) is 0 Å². The molecule has 26 heavy (non-hydrogen) atoms. The normalized spacial score (nSPS) is 10.5. The molecule has 0 aliphatic carbocycles. The van der Waals surface area contributed by atoms with Crippen molar-refractivity contribution in [1.29, 1.82) is 0 Å². The molecule has 0 amide bonds. The summed E-state index contributed by atoms with van der Waals surface area (Å²) in [4.78, 5) is 12.7. The Morgan fingerprint density at radius 1 is 0.808 bits per heavy atom. The first-order chi connectivity index (χ1) is 12.8. The lowest BCUT2D eigenvalue weighted by Gasteiger charge is -2.13. The van der Waals surface area contributed by atoms with Crippen LogP contribution in [0.15, 0.2) is 48.5 Å². The maximum absolute atomic E-state index is 12.7. The van der Waals surface area contributed by atoms with E-state index in [0.29, 0.717) is 23.7 Å². The molecule has 0 fully saturated rings. The van der Waals surface area contributed by atoms with Gasteiger partial charge >= 0.3 is 5.97 Å². The van der Waals surface area contributed by atoms with Crippen LogP contribution >= 0.6 is 0 Å². The zero-order chi connectivity index (χ0) is 18.6. The molecular formula is C23H30O3. The summed E-state index contributed by atoms with van der Waals surface area (Å²) in [5.74, 6) is 0.877. The van der Waals surface area contributed by atoms with Crippen molar-refractivity contribution < 1.29 is 14.3 Å². The van der Waals surface area contributed by atoms with Gasteiger partial charge in [-0.25, -0.2) is 4.79 Å². The summed E-state index contributed by atoms with van der Waals surface area (Å²) in [5, 5.41) is 0. The summed E-state index contributed by atoms with van der Waals surface area (Å²) >= 11 is 0. The Labute approximate surface area is 157 Å². The lowest BCUT2D eigenvalue weighted by molar-refractivity contribution is 0.0728. The third-order valence-corrected chi connectivity index (χ3v) is 4.34.